The molecule has 0 spiro atoms. The summed E-state index contributed by atoms with van der Waals surface area (Å²) in [7, 11) is 0. The van der Waals surface area contributed by atoms with Gasteiger partial charge in [0.05, 0.1) is 5.52 Å². The summed E-state index contributed by atoms with van der Waals surface area (Å²) in [5.74, 6) is 1.06. The molecule has 1 aliphatic rings. The van der Waals surface area contributed by atoms with E-state index in [9.17, 15) is 4.79 Å². The highest BCUT2D eigenvalue weighted by Gasteiger charge is 2.25. The van der Waals surface area contributed by atoms with Crippen LogP contribution in [0.15, 0.2) is 91.0 Å². The third-order valence-corrected chi connectivity index (χ3v) is 6.23. The van der Waals surface area contributed by atoms with Crippen LogP contribution in [-0.4, -0.2) is 42.0 Å². The van der Waals surface area contributed by atoms with E-state index >= 15 is 0 Å². The zero-order chi connectivity index (χ0) is 22.6. The highest BCUT2D eigenvalue weighted by atomic mass is 16.2. The van der Waals surface area contributed by atoms with E-state index in [1.807, 2.05) is 83.8 Å². The molecule has 0 bridgehead atoms. The molecule has 0 N–H and O–H groups in total. The number of rotatable bonds is 4. The van der Waals surface area contributed by atoms with Crippen LogP contribution in [-0.2, 0) is 4.79 Å². The lowest BCUT2D eigenvalue weighted by atomic mass is 10.0. The maximum atomic E-state index is 13.6. The Labute approximate surface area is 194 Å². The zero-order valence-electron chi connectivity index (χ0n) is 18.8. The molecule has 4 aromatic rings. The Morgan fingerprint density at radius 2 is 1.45 bits per heavy atom. The smallest absolute Gasteiger partial charge is 0.254 e. The maximum Gasteiger partial charge on any atom is 0.254 e. The third kappa shape index (κ3) is 4.51. The first-order valence-electron chi connectivity index (χ1n) is 11.4. The van der Waals surface area contributed by atoms with E-state index < -0.39 is 0 Å². The molecule has 0 atom stereocenters. The first-order chi connectivity index (χ1) is 16.2. The lowest BCUT2D eigenvalue weighted by molar-refractivity contribution is -0.125. The van der Waals surface area contributed by atoms with E-state index in [2.05, 4.69) is 30.0 Å². The molecular formula is C29H27N3O. The van der Waals surface area contributed by atoms with Crippen LogP contribution in [0.1, 0.15) is 16.7 Å². The number of carbonyl (C=O) groups is 1. The topological polar surface area (TPSA) is 36.4 Å². The van der Waals surface area contributed by atoms with Gasteiger partial charge in [-0.15, -0.1) is 0 Å². The Bertz CT molecular complexity index is 1290. The van der Waals surface area contributed by atoms with Crippen LogP contribution in [0.25, 0.3) is 22.6 Å². The maximum absolute atomic E-state index is 13.6. The fraction of sp³-hybridized carbons (Fsp3) is 0.172. The standard InChI is InChI=1S/C29H27N3O/c1-22-20-28(30-27-15-9-8-14-25(22)27)31-16-18-32(19-17-31)29(33)26(24-12-6-3-7-13-24)21-23-10-4-2-5-11-23/h2-15,20-21H,16-19H2,1H3/b26-21-. The van der Waals surface area contributed by atoms with E-state index in [1.54, 1.807) is 0 Å². The van der Waals surface area contributed by atoms with Crippen LogP contribution in [0, 0.1) is 6.92 Å². The van der Waals surface area contributed by atoms with E-state index in [4.69, 9.17) is 4.98 Å². The second-order valence-corrected chi connectivity index (χ2v) is 8.43. The van der Waals surface area contributed by atoms with Crippen molar-refractivity contribution in [2.75, 3.05) is 31.1 Å². The van der Waals surface area contributed by atoms with Gasteiger partial charge >= 0.3 is 0 Å². The average molecular weight is 434 g/mol. The molecule has 0 aliphatic carbocycles. The number of fused-ring (bicyclic) bond motifs is 1. The van der Waals surface area contributed by atoms with Gasteiger partial charge < -0.3 is 9.80 Å². The van der Waals surface area contributed by atoms with E-state index in [0.29, 0.717) is 13.1 Å². The number of piperazine rings is 1. The number of aromatic nitrogens is 1. The molecule has 1 saturated heterocycles. The van der Waals surface area contributed by atoms with Gasteiger partial charge in [0.2, 0.25) is 0 Å². The predicted molar refractivity (Wildman–Crippen MR) is 136 cm³/mol. The summed E-state index contributed by atoms with van der Waals surface area (Å²) in [4.78, 5) is 22.7. The Balaban J connectivity index is 1.36. The fourth-order valence-electron chi connectivity index (χ4n) is 4.40. The molecule has 0 unspecified atom stereocenters. The van der Waals surface area contributed by atoms with Crippen molar-refractivity contribution in [3.8, 4) is 0 Å². The third-order valence-electron chi connectivity index (χ3n) is 6.23. The van der Waals surface area contributed by atoms with Gasteiger partial charge in [0.25, 0.3) is 5.91 Å². The molecule has 5 rings (SSSR count). The van der Waals surface area contributed by atoms with Crippen molar-refractivity contribution in [2.45, 2.75) is 6.92 Å². The molecule has 33 heavy (non-hydrogen) atoms. The van der Waals surface area contributed by atoms with Gasteiger partial charge in [0, 0.05) is 37.1 Å². The number of pyridine rings is 1. The second-order valence-electron chi connectivity index (χ2n) is 8.43. The highest BCUT2D eigenvalue weighted by molar-refractivity contribution is 6.24. The minimum absolute atomic E-state index is 0.0763. The minimum atomic E-state index is 0.0763. The van der Waals surface area contributed by atoms with Crippen LogP contribution in [0.4, 0.5) is 5.82 Å². The fourth-order valence-corrected chi connectivity index (χ4v) is 4.40. The van der Waals surface area contributed by atoms with Gasteiger partial charge in [-0.2, -0.15) is 0 Å². The zero-order valence-corrected chi connectivity index (χ0v) is 18.8. The normalized spacial score (nSPS) is 14.5. The van der Waals surface area contributed by atoms with Gasteiger partial charge in [0.15, 0.2) is 0 Å². The molecule has 4 heteroatoms. The van der Waals surface area contributed by atoms with Crippen LogP contribution in [0.2, 0.25) is 0 Å². The summed E-state index contributed by atoms with van der Waals surface area (Å²) in [5, 5.41) is 1.19. The van der Waals surface area contributed by atoms with Crippen molar-refractivity contribution in [1.82, 2.24) is 9.88 Å². The largest absolute Gasteiger partial charge is 0.353 e. The number of carbonyl (C=O) groups excluding carboxylic acids is 1. The van der Waals surface area contributed by atoms with Crippen molar-refractivity contribution in [3.05, 3.63) is 108 Å². The minimum Gasteiger partial charge on any atom is -0.353 e. The average Bonchev–Trinajstić information content (AvgIpc) is 2.88. The lowest BCUT2D eigenvalue weighted by Crippen LogP contribution is -2.49. The van der Waals surface area contributed by atoms with Crippen molar-refractivity contribution in [2.24, 2.45) is 0 Å². The van der Waals surface area contributed by atoms with Crippen LogP contribution in [0.3, 0.4) is 0 Å². The second kappa shape index (κ2) is 9.29. The van der Waals surface area contributed by atoms with Gasteiger partial charge in [-0.1, -0.05) is 78.9 Å². The molecule has 0 radical (unpaired) electrons. The van der Waals surface area contributed by atoms with Crippen LogP contribution >= 0.6 is 0 Å². The van der Waals surface area contributed by atoms with Crippen molar-refractivity contribution >= 4 is 34.3 Å². The monoisotopic (exact) mass is 433 g/mol. The Morgan fingerprint density at radius 1 is 0.818 bits per heavy atom. The van der Waals surface area contributed by atoms with Gasteiger partial charge in [-0.05, 0) is 41.8 Å². The number of nitrogens with zero attached hydrogens (tertiary/aromatic N) is 3. The van der Waals surface area contributed by atoms with Gasteiger partial charge in [-0.3, -0.25) is 4.79 Å². The Morgan fingerprint density at radius 3 is 2.18 bits per heavy atom. The molecular weight excluding hydrogens is 406 g/mol. The van der Waals surface area contributed by atoms with Crippen LogP contribution in [0.5, 0.6) is 0 Å². The molecule has 3 aromatic carbocycles. The molecule has 1 aromatic heterocycles. The molecule has 1 amide bonds. The first-order valence-corrected chi connectivity index (χ1v) is 11.4. The molecule has 4 nitrogen and oxygen atoms in total. The Hall–Kier alpha value is -3.92. The molecule has 164 valence electrons. The van der Waals surface area contributed by atoms with E-state index in [-0.39, 0.29) is 5.91 Å². The molecule has 1 aliphatic heterocycles. The van der Waals surface area contributed by atoms with Crippen molar-refractivity contribution in [3.63, 3.8) is 0 Å². The summed E-state index contributed by atoms with van der Waals surface area (Å²) >= 11 is 0. The first kappa shape index (κ1) is 21.0. The van der Waals surface area contributed by atoms with Gasteiger partial charge in [-0.25, -0.2) is 4.98 Å². The quantitative estimate of drug-likeness (QED) is 0.318. The number of hydrogen-bond acceptors (Lipinski definition) is 3. The number of hydrogen-bond donors (Lipinski definition) is 0. The Kier molecular flexibility index (Phi) is 5.90. The molecule has 0 saturated carbocycles. The molecule has 1 fully saturated rings. The highest BCUT2D eigenvalue weighted by Crippen LogP contribution is 2.25. The summed E-state index contributed by atoms with van der Waals surface area (Å²) in [5.41, 5.74) is 4.95. The van der Waals surface area contributed by atoms with E-state index in [1.165, 1.54) is 10.9 Å². The predicted octanol–water partition coefficient (Wildman–Crippen LogP) is 5.43. The number of benzene rings is 3. The summed E-state index contributed by atoms with van der Waals surface area (Å²) in [6.45, 7) is 5.01. The summed E-state index contributed by atoms with van der Waals surface area (Å²) in [6.07, 6.45) is 2.00. The van der Waals surface area contributed by atoms with Crippen LogP contribution < -0.4 is 4.90 Å². The van der Waals surface area contributed by atoms with E-state index in [0.717, 1.165) is 41.1 Å². The summed E-state index contributed by atoms with van der Waals surface area (Å²) < 4.78 is 0. The molecule has 2 heterocycles. The number of anilines is 1. The lowest BCUT2D eigenvalue weighted by Gasteiger charge is -2.36. The number of para-hydroxylation sites is 1. The summed E-state index contributed by atoms with van der Waals surface area (Å²) in [6, 6.07) is 30.4. The van der Waals surface area contributed by atoms with Crippen molar-refractivity contribution in [1.29, 1.82) is 0 Å². The number of amides is 1. The van der Waals surface area contributed by atoms with Gasteiger partial charge in [0.1, 0.15) is 5.82 Å². The number of aryl methyl sites for hydroxylation is 1. The van der Waals surface area contributed by atoms with Crippen molar-refractivity contribution < 1.29 is 4.79 Å². The SMILES string of the molecule is Cc1cc(N2CCN(C(=O)/C(=C\c3ccccc3)c3ccccc3)CC2)nc2ccccc12.